The molecule has 0 amide bonds. The van der Waals surface area contributed by atoms with E-state index in [9.17, 15) is 20.6 Å². The topological polar surface area (TPSA) is 95.1 Å². The molecule has 0 unspecified atom stereocenters. The molecule has 3 N–H and O–H groups in total. The summed E-state index contributed by atoms with van der Waals surface area (Å²) in [6, 6.07) is 28.8. The molecule has 5 aromatic carbocycles. The zero-order valence-corrected chi connectivity index (χ0v) is 28.5. The molecule has 0 aliphatic heterocycles. The lowest BCUT2D eigenvalue weighted by atomic mass is 9.69. The summed E-state index contributed by atoms with van der Waals surface area (Å²) in [5.74, 6) is -0.179. The Morgan fingerprint density at radius 2 is 1.20 bits per heavy atom. The number of nitrogens with zero attached hydrogens (tertiary/aromatic N) is 4. The van der Waals surface area contributed by atoms with E-state index in [1.165, 1.54) is 0 Å². The molecule has 0 atom stereocenters. The van der Waals surface area contributed by atoms with Crippen LogP contribution in [0.25, 0.3) is 37.5 Å². The summed E-state index contributed by atoms with van der Waals surface area (Å²) in [5.41, 5.74) is 7.53. The Morgan fingerprint density at radius 1 is 0.700 bits per heavy atom. The fourth-order valence-electron chi connectivity index (χ4n) is 7.94. The van der Waals surface area contributed by atoms with E-state index in [0.29, 0.717) is 35.0 Å². The minimum atomic E-state index is -0.186. The van der Waals surface area contributed by atoms with Crippen LogP contribution in [0.15, 0.2) is 108 Å². The third-order valence-electron chi connectivity index (χ3n) is 10.1. The van der Waals surface area contributed by atoms with Gasteiger partial charge in [0.25, 0.3) is 5.70 Å². The van der Waals surface area contributed by atoms with E-state index in [1.54, 1.807) is 24.3 Å². The van der Waals surface area contributed by atoms with Crippen LogP contribution in [0.2, 0.25) is 0 Å². The van der Waals surface area contributed by atoms with Crippen LogP contribution in [0.3, 0.4) is 0 Å². The van der Waals surface area contributed by atoms with Crippen LogP contribution < -0.4 is 4.90 Å². The molecule has 0 radical (unpaired) electrons. The van der Waals surface area contributed by atoms with E-state index >= 15 is 0 Å². The molecule has 0 aromatic heterocycles. The van der Waals surface area contributed by atoms with Gasteiger partial charge in [0.05, 0.1) is 29.5 Å². The smallest absolute Gasteiger partial charge is 0.270 e. The zero-order valence-electron chi connectivity index (χ0n) is 28.5. The number of allylic oxidation sites excluding steroid dienone is 3. The lowest BCUT2D eigenvalue weighted by molar-refractivity contribution is -0.519. The molecule has 5 aromatic rings. The summed E-state index contributed by atoms with van der Waals surface area (Å²) in [7, 11) is 0. The molecule has 50 heavy (non-hydrogen) atoms. The van der Waals surface area contributed by atoms with Gasteiger partial charge in [-0.15, -0.1) is 0 Å². The number of phenols is 2. The van der Waals surface area contributed by atoms with Crippen LogP contribution >= 0.6 is 0 Å². The number of hydrogen-bond acceptors (Lipinski definition) is 5. The van der Waals surface area contributed by atoms with Gasteiger partial charge in [0, 0.05) is 62.5 Å². The fraction of sp³-hybridized carbons (Fsp3) is 0.186. The van der Waals surface area contributed by atoms with Gasteiger partial charge in [-0.1, -0.05) is 60.7 Å². The summed E-state index contributed by atoms with van der Waals surface area (Å²) >= 11 is 0. The first-order valence-electron chi connectivity index (χ1n) is 17.0. The second-order valence-corrected chi connectivity index (χ2v) is 12.3. The summed E-state index contributed by atoms with van der Waals surface area (Å²) in [4.78, 5) is 5.86. The highest BCUT2D eigenvalue weighted by atomic mass is 16.3. The zero-order chi connectivity index (χ0) is 35.3. The van der Waals surface area contributed by atoms with Gasteiger partial charge in [-0.3, -0.25) is 0 Å². The van der Waals surface area contributed by atoms with Crippen molar-refractivity contribution in [2.75, 3.05) is 31.1 Å². The molecule has 0 spiro atoms. The van der Waals surface area contributed by atoms with Crippen LogP contribution in [-0.2, 0) is 0 Å². The van der Waals surface area contributed by atoms with Crippen LogP contribution in [0.5, 0.6) is 11.5 Å². The van der Waals surface area contributed by atoms with Crippen LogP contribution in [0, 0.1) is 17.9 Å². The number of rotatable bonds is 6. The Balaban J connectivity index is 1.70. The highest BCUT2D eigenvalue weighted by Gasteiger charge is 2.42. The first kappa shape index (κ1) is 32.2. The minimum absolute atomic E-state index is 0.0371. The van der Waals surface area contributed by atoms with Gasteiger partial charge in [-0.2, -0.15) is 0 Å². The number of hydrogen-bond donors (Lipinski definition) is 3. The minimum Gasteiger partial charge on any atom is -0.507 e. The van der Waals surface area contributed by atoms with E-state index < -0.39 is 0 Å². The van der Waals surface area contributed by atoms with Gasteiger partial charge < -0.3 is 20.2 Å². The number of aliphatic hydroxyl groups is 1. The van der Waals surface area contributed by atoms with Gasteiger partial charge >= 0.3 is 0 Å². The van der Waals surface area contributed by atoms with E-state index in [0.717, 1.165) is 63.1 Å². The first-order valence-corrected chi connectivity index (χ1v) is 17.0. The largest absolute Gasteiger partial charge is 0.507 e. The van der Waals surface area contributed by atoms with Gasteiger partial charge in [-0.05, 0) is 63.1 Å². The van der Waals surface area contributed by atoms with Crippen molar-refractivity contribution < 1.29 is 19.9 Å². The second-order valence-electron chi connectivity index (χ2n) is 12.3. The number of aliphatic hydroxyl groups excluding tert-OH is 1. The van der Waals surface area contributed by atoms with Crippen molar-refractivity contribution in [2.24, 2.45) is 0 Å². The van der Waals surface area contributed by atoms with Crippen LogP contribution in [-0.4, -0.2) is 51.8 Å². The summed E-state index contributed by atoms with van der Waals surface area (Å²) in [6.07, 6.45) is 0. The lowest BCUT2D eigenvalue weighted by Gasteiger charge is -2.35. The van der Waals surface area contributed by atoms with E-state index in [4.69, 9.17) is 6.57 Å². The van der Waals surface area contributed by atoms with Crippen molar-refractivity contribution in [2.45, 2.75) is 27.7 Å². The number of benzene rings is 5. The SMILES string of the molecule is [C-]#[N+]/C(C#N)=C1\C(=C2c3ccccc3C(=[N+](CC)CC)c3ccccc32)C(O)=C1c1c2c(O)cccc2c(N(CC)CC)c2cccc(O)c12. The highest BCUT2D eigenvalue weighted by molar-refractivity contribution is 6.26. The molecule has 0 saturated heterocycles. The fourth-order valence-corrected chi connectivity index (χ4v) is 7.94. The Bertz CT molecular complexity index is 2350. The van der Waals surface area contributed by atoms with Gasteiger partial charge in [0.2, 0.25) is 5.71 Å². The molecule has 0 fully saturated rings. The maximum atomic E-state index is 12.5. The maximum Gasteiger partial charge on any atom is 0.270 e. The molecule has 0 saturated carbocycles. The Labute approximate surface area is 291 Å². The van der Waals surface area contributed by atoms with Gasteiger partial charge in [0.1, 0.15) is 30.3 Å². The van der Waals surface area contributed by atoms with Crippen LogP contribution in [0.1, 0.15) is 55.5 Å². The van der Waals surface area contributed by atoms with E-state index in [2.05, 4.69) is 60.2 Å². The Hall–Kier alpha value is -6.31. The summed E-state index contributed by atoms with van der Waals surface area (Å²) < 4.78 is 2.32. The first-order chi connectivity index (χ1) is 24.4. The van der Waals surface area contributed by atoms with Crippen LogP contribution in [0.4, 0.5) is 5.69 Å². The molecule has 0 bridgehead atoms. The standard InChI is InChI=1S/C43H36N4O3/c1-6-46(7-2)41-27-18-12-10-16-25(27)34(26-17-11-13-19-28(26)41)39-37(31(24-44)45-5)40(43(39)50)38-35-29(20-14-22-32(35)48)42(47(8-3)9-4)30-21-15-23-33(49)36(30)38/h10-23H,6-9H2,1-4H3,(H2-,48,49,50)/p+1/b37-31+. The number of fused-ring (bicyclic) bond motifs is 4. The lowest BCUT2D eigenvalue weighted by Crippen LogP contribution is -2.29. The predicted octanol–water partition coefficient (Wildman–Crippen LogP) is 8.94. The molecular formula is C43H37N4O3+. The highest BCUT2D eigenvalue weighted by Crippen LogP contribution is 2.58. The average Bonchev–Trinajstić information content (AvgIpc) is 3.14. The third kappa shape index (κ3) is 4.51. The number of nitriles is 1. The van der Waals surface area contributed by atoms with Gasteiger partial charge in [0.15, 0.2) is 0 Å². The van der Waals surface area contributed by atoms with E-state index in [-0.39, 0.29) is 34.1 Å². The Kier molecular flexibility index (Phi) is 8.14. The summed E-state index contributed by atoms with van der Waals surface area (Å²) in [5, 5.41) is 48.4. The quantitative estimate of drug-likeness (QED) is 0.0720. The molecule has 2 aliphatic carbocycles. The third-order valence-corrected chi connectivity index (χ3v) is 10.1. The van der Waals surface area contributed by atoms with Crippen molar-refractivity contribution in [3.63, 3.8) is 0 Å². The van der Waals surface area contributed by atoms with Crippen molar-refractivity contribution in [3.8, 4) is 17.6 Å². The van der Waals surface area contributed by atoms with Gasteiger partial charge in [-0.25, -0.2) is 14.7 Å². The molecule has 0 heterocycles. The molecular weight excluding hydrogens is 620 g/mol. The molecule has 7 rings (SSSR count). The number of phenolic OH excluding ortho intramolecular Hbond substituents is 2. The normalized spacial score (nSPS) is 14.6. The molecule has 2 aliphatic rings. The van der Waals surface area contributed by atoms with Crippen molar-refractivity contribution in [1.82, 2.24) is 0 Å². The Morgan fingerprint density at radius 3 is 1.64 bits per heavy atom. The molecule has 7 nitrogen and oxygen atoms in total. The maximum absolute atomic E-state index is 12.5. The second kappa shape index (κ2) is 12.6. The number of anilines is 1. The number of aromatic hydroxyl groups is 2. The molecule has 7 heteroatoms. The van der Waals surface area contributed by atoms with Crippen molar-refractivity contribution in [3.05, 3.63) is 147 Å². The monoisotopic (exact) mass is 657 g/mol. The average molecular weight is 658 g/mol. The summed E-state index contributed by atoms with van der Waals surface area (Å²) in [6.45, 7) is 19.5. The van der Waals surface area contributed by atoms with Crippen molar-refractivity contribution >= 4 is 44.1 Å². The molecule has 246 valence electrons. The predicted molar refractivity (Wildman–Crippen MR) is 201 cm³/mol. The van der Waals surface area contributed by atoms with Crippen molar-refractivity contribution in [1.29, 1.82) is 5.26 Å². The van der Waals surface area contributed by atoms with E-state index in [1.807, 2.05) is 48.5 Å².